The van der Waals surface area contributed by atoms with Crippen LogP contribution in [0.1, 0.15) is 52.9 Å². The lowest BCUT2D eigenvalue weighted by Crippen LogP contribution is -2.24. The minimum Gasteiger partial charge on any atom is -0.369 e. The maximum absolute atomic E-state index is 14.3. The molecule has 0 saturated carbocycles. The predicted octanol–water partition coefficient (Wildman–Crippen LogP) is 5.67. The molecule has 13 heteroatoms. The van der Waals surface area contributed by atoms with Gasteiger partial charge in [-0.1, -0.05) is 13.8 Å². The summed E-state index contributed by atoms with van der Waals surface area (Å²) in [6.07, 6.45) is -2.96. The summed E-state index contributed by atoms with van der Waals surface area (Å²) in [5, 5.41) is 33.1. The van der Waals surface area contributed by atoms with E-state index in [1.165, 1.54) is 17.3 Å². The lowest BCUT2D eigenvalue weighted by Gasteiger charge is -2.19. The van der Waals surface area contributed by atoms with E-state index in [2.05, 4.69) is 31.9 Å². The van der Waals surface area contributed by atoms with Crippen molar-refractivity contribution >= 4 is 17.5 Å². The van der Waals surface area contributed by atoms with Crippen LogP contribution in [0, 0.1) is 28.6 Å². The van der Waals surface area contributed by atoms with Crippen molar-refractivity contribution in [1.29, 1.82) is 10.5 Å². The molecule has 0 atom stereocenters. The van der Waals surface area contributed by atoms with Crippen LogP contribution in [0.5, 0.6) is 0 Å². The molecule has 1 aliphatic rings. The van der Waals surface area contributed by atoms with Crippen molar-refractivity contribution in [2.45, 2.75) is 39.5 Å². The van der Waals surface area contributed by atoms with Crippen molar-refractivity contribution in [2.24, 2.45) is 13.0 Å². The summed E-state index contributed by atoms with van der Waals surface area (Å²) in [4.78, 5) is 19.6. The van der Waals surface area contributed by atoms with Crippen molar-refractivity contribution < 1.29 is 18.0 Å². The Balaban J connectivity index is 1.62. The van der Waals surface area contributed by atoms with Gasteiger partial charge >= 0.3 is 6.18 Å². The Hall–Kier alpha value is -5.27. The maximum Gasteiger partial charge on any atom is 0.416 e. The SMILES string of the molecule is CC(C)CNCc1cc2c(c(C(F)(F)F)c1)CN(c1cc(-c3cc(C#N)ccc3-c3nncn3C)cc(NCCC#N)n1)C2=O. The number of rotatable bonds is 10. The van der Waals surface area contributed by atoms with Crippen LogP contribution in [-0.4, -0.2) is 38.7 Å². The van der Waals surface area contributed by atoms with Crippen LogP contribution in [0.4, 0.5) is 24.8 Å². The molecule has 230 valence electrons. The van der Waals surface area contributed by atoms with Crippen LogP contribution in [0.25, 0.3) is 22.5 Å². The third-order valence-corrected chi connectivity index (χ3v) is 7.33. The number of nitriles is 2. The number of nitrogens with zero attached hydrogens (tertiary/aromatic N) is 7. The Kier molecular flexibility index (Phi) is 8.84. The van der Waals surface area contributed by atoms with E-state index in [-0.39, 0.29) is 43.0 Å². The first-order chi connectivity index (χ1) is 21.5. The molecule has 4 aromatic rings. The molecule has 0 unspecified atom stereocenters. The van der Waals surface area contributed by atoms with E-state index in [9.17, 15) is 23.2 Å². The molecule has 10 nitrogen and oxygen atoms in total. The van der Waals surface area contributed by atoms with Crippen molar-refractivity contribution in [1.82, 2.24) is 25.1 Å². The number of hydrogen-bond donors (Lipinski definition) is 2. The smallest absolute Gasteiger partial charge is 0.369 e. The Morgan fingerprint density at radius 1 is 1.07 bits per heavy atom. The van der Waals surface area contributed by atoms with Crippen LogP contribution in [0.3, 0.4) is 0 Å². The van der Waals surface area contributed by atoms with Gasteiger partial charge in [-0.2, -0.15) is 23.7 Å². The van der Waals surface area contributed by atoms with Gasteiger partial charge in [0.25, 0.3) is 5.91 Å². The molecule has 0 radical (unpaired) electrons. The highest BCUT2D eigenvalue weighted by Gasteiger charge is 2.41. The fourth-order valence-corrected chi connectivity index (χ4v) is 5.23. The minimum atomic E-state index is -4.67. The molecule has 1 aliphatic heterocycles. The number of aryl methyl sites for hydroxylation is 1. The summed E-state index contributed by atoms with van der Waals surface area (Å²) in [6.45, 7) is 4.71. The van der Waals surface area contributed by atoms with Gasteiger partial charge in [0.1, 0.15) is 18.0 Å². The third kappa shape index (κ3) is 6.64. The second-order valence-corrected chi connectivity index (χ2v) is 11.2. The average molecular weight is 614 g/mol. The number of fused-ring (bicyclic) bond motifs is 1. The van der Waals surface area contributed by atoms with Crippen molar-refractivity contribution in [3.63, 3.8) is 0 Å². The molecule has 2 N–H and O–H groups in total. The number of hydrogen-bond acceptors (Lipinski definition) is 8. The topological polar surface area (TPSA) is 136 Å². The second-order valence-electron chi connectivity index (χ2n) is 11.2. The fraction of sp³-hybridized carbons (Fsp3) is 0.312. The number of carbonyl (C=O) groups excluding carboxylic acids is 1. The van der Waals surface area contributed by atoms with Gasteiger partial charge in [0.15, 0.2) is 5.82 Å². The van der Waals surface area contributed by atoms with Crippen LogP contribution in [0.2, 0.25) is 0 Å². The lowest BCUT2D eigenvalue weighted by molar-refractivity contribution is -0.138. The first-order valence-electron chi connectivity index (χ1n) is 14.3. The molecule has 2 aromatic carbocycles. The Labute approximate surface area is 258 Å². The number of alkyl halides is 3. The van der Waals surface area contributed by atoms with Gasteiger partial charge in [-0.05, 0) is 77.2 Å². The first-order valence-corrected chi connectivity index (χ1v) is 14.3. The van der Waals surface area contributed by atoms with Gasteiger partial charge in [0.2, 0.25) is 0 Å². The van der Waals surface area contributed by atoms with Crippen LogP contribution >= 0.6 is 0 Å². The molecule has 2 aromatic heterocycles. The van der Waals surface area contributed by atoms with Crippen LogP contribution in [0.15, 0.2) is 48.8 Å². The summed E-state index contributed by atoms with van der Waals surface area (Å²) in [5.74, 6) is 0.642. The van der Waals surface area contributed by atoms with E-state index >= 15 is 0 Å². The molecule has 0 bridgehead atoms. The Bertz CT molecular complexity index is 1830. The van der Waals surface area contributed by atoms with E-state index < -0.39 is 17.6 Å². The van der Waals surface area contributed by atoms with E-state index in [4.69, 9.17) is 5.26 Å². The van der Waals surface area contributed by atoms with Crippen LogP contribution < -0.4 is 15.5 Å². The molecule has 3 heterocycles. The molecule has 0 spiro atoms. The number of aromatic nitrogens is 4. The second kappa shape index (κ2) is 12.8. The van der Waals surface area contributed by atoms with Crippen LogP contribution in [-0.2, 0) is 26.3 Å². The molecule has 5 rings (SSSR count). The lowest BCUT2D eigenvalue weighted by atomic mass is 9.97. The fourth-order valence-electron chi connectivity index (χ4n) is 5.23. The molecule has 1 amide bonds. The molecular weight excluding hydrogens is 583 g/mol. The van der Waals surface area contributed by atoms with Gasteiger partial charge in [-0.15, -0.1) is 10.2 Å². The van der Waals surface area contributed by atoms with Gasteiger partial charge < -0.3 is 15.2 Å². The zero-order valence-electron chi connectivity index (χ0n) is 24.9. The number of anilines is 2. The van der Waals surface area contributed by atoms with Crippen molar-refractivity contribution in [3.05, 3.63) is 76.6 Å². The first kappa shape index (κ1) is 31.2. The number of pyridine rings is 1. The Morgan fingerprint density at radius 3 is 2.53 bits per heavy atom. The molecule has 0 fully saturated rings. The Morgan fingerprint density at radius 2 is 1.87 bits per heavy atom. The third-order valence-electron chi connectivity index (χ3n) is 7.33. The van der Waals surface area contributed by atoms with E-state index in [1.807, 2.05) is 19.9 Å². The van der Waals surface area contributed by atoms with Gasteiger partial charge in [-0.25, -0.2) is 4.98 Å². The zero-order chi connectivity index (χ0) is 32.3. The molecule has 0 saturated heterocycles. The van der Waals surface area contributed by atoms with Crippen molar-refractivity contribution in [2.75, 3.05) is 23.3 Å². The van der Waals surface area contributed by atoms with E-state index in [0.29, 0.717) is 51.9 Å². The summed E-state index contributed by atoms with van der Waals surface area (Å²) in [6, 6.07) is 15.1. The normalized spacial score (nSPS) is 12.7. The number of nitrogens with one attached hydrogen (secondary N) is 2. The van der Waals surface area contributed by atoms with E-state index in [0.717, 1.165) is 6.07 Å². The summed E-state index contributed by atoms with van der Waals surface area (Å²) in [5.41, 5.74) is 1.49. The summed E-state index contributed by atoms with van der Waals surface area (Å²) in [7, 11) is 1.77. The number of amides is 1. The van der Waals surface area contributed by atoms with Gasteiger partial charge in [-0.3, -0.25) is 9.69 Å². The van der Waals surface area contributed by atoms with Crippen molar-refractivity contribution in [3.8, 4) is 34.7 Å². The minimum absolute atomic E-state index is 0.0244. The number of carbonyl (C=O) groups is 1. The maximum atomic E-state index is 14.3. The zero-order valence-corrected chi connectivity index (χ0v) is 24.9. The largest absolute Gasteiger partial charge is 0.416 e. The van der Waals surface area contributed by atoms with Gasteiger partial charge in [0, 0.05) is 31.3 Å². The monoisotopic (exact) mass is 613 g/mol. The molecular formula is C32H30F3N9O. The molecule has 0 aliphatic carbocycles. The standard InChI is InChI=1S/C32H30F3N9O/c1-19(2)15-38-16-21-10-25-26(27(11-21)32(33,34)35)17-44(31(25)45)29-13-22(12-28(41-29)39-8-4-7-36)24-9-20(14-37)5-6-23(24)30-42-40-18-43(30)3/h5-6,9-13,18-19,38H,4,8,15-17H2,1-3H3,(H,39,41). The predicted molar refractivity (Wildman–Crippen MR) is 162 cm³/mol. The quantitative estimate of drug-likeness (QED) is 0.219. The average Bonchev–Trinajstić information content (AvgIpc) is 3.58. The molecule has 45 heavy (non-hydrogen) atoms. The number of halogens is 3. The van der Waals surface area contributed by atoms with E-state index in [1.54, 1.807) is 41.9 Å². The highest BCUT2D eigenvalue weighted by atomic mass is 19.4. The van der Waals surface area contributed by atoms with Gasteiger partial charge in [0.05, 0.1) is 36.2 Å². The number of benzene rings is 2. The highest BCUT2D eigenvalue weighted by molar-refractivity contribution is 6.10. The summed E-state index contributed by atoms with van der Waals surface area (Å²) >= 11 is 0. The summed E-state index contributed by atoms with van der Waals surface area (Å²) < 4.78 is 44.6. The highest BCUT2D eigenvalue weighted by Crippen LogP contribution is 2.41.